The molecule has 2 atom stereocenters. The van der Waals surface area contributed by atoms with E-state index in [0.29, 0.717) is 12.2 Å². The fourth-order valence-electron chi connectivity index (χ4n) is 1.18. The van der Waals surface area contributed by atoms with Gasteiger partial charge in [-0.3, -0.25) is 0 Å². The van der Waals surface area contributed by atoms with Crippen LogP contribution in [-0.2, 0) is 4.74 Å². The first kappa shape index (κ1) is 5.93. The molecule has 52 valence electrons. The molecule has 0 bridgehead atoms. The smallest absolute Gasteiger partial charge is 0.109 e. The quantitative estimate of drug-likeness (QED) is 0.536. The van der Waals surface area contributed by atoms with Crippen molar-refractivity contribution in [1.29, 1.82) is 0 Å². The van der Waals surface area contributed by atoms with Crippen molar-refractivity contribution in [3.63, 3.8) is 0 Å². The van der Waals surface area contributed by atoms with Crippen LogP contribution in [-0.4, -0.2) is 6.10 Å². The topological polar surface area (TPSA) is 12.5 Å². The van der Waals surface area contributed by atoms with Crippen molar-refractivity contribution in [2.75, 3.05) is 0 Å². The Balaban J connectivity index is 2.20. The minimum absolute atomic E-state index is 0.376. The largest absolute Gasteiger partial charge is 0.365 e. The van der Waals surface area contributed by atoms with E-state index < -0.39 is 0 Å². The van der Waals surface area contributed by atoms with E-state index in [9.17, 15) is 0 Å². The molecule has 1 aromatic rings. The minimum atomic E-state index is 0.376. The molecule has 1 saturated heterocycles. The minimum Gasteiger partial charge on any atom is -0.365 e. The molecule has 0 saturated carbocycles. The van der Waals surface area contributed by atoms with Crippen LogP contribution >= 0.6 is 0 Å². The summed E-state index contributed by atoms with van der Waals surface area (Å²) in [6.07, 6.45) is 0.809. The summed E-state index contributed by atoms with van der Waals surface area (Å²) in [5, 5.41) is 0. The third-order valence-corrected chi connectivity index (χ3v) is 1.84. The fourth-order valence-corrected chi connectivity index (χ4v) is 1.18. The van der Waals surface area contributed by atoms with E-state index in [1.165, 1.54) is 5.56 Å². The van der Waals surface area contributed by atoms with Crippen LogP contribution < -0.4 is 0 Å². The van der Waals surface area contributed by atoms with E-state index in [4.69, 9.17) is 4.74 Å². The van der Waals surface area contributed by atoms with Gasteiger partial charge in [0.05, 0.1) is 6.10 Å². The molecule has 1 nitrogen and oxygen atoms in total. The van der Waals surface area contributed by atoms with Crippen molar-refractivity contribution in [3.8, 4) is 0 Å². The van der Waals surface area contributed by atoms with Crippen molar-refractivity contribution in [1.82, 2.24) is 0 Å². The van der Waals surface area contributed by atoms with Crippen LogP contribution in [0.15, 0.2) is 30.3 Å². The second-order valence-electron chi connectivity index (χ2n) is 2.67. The molecular formula is C9H10O. The molecule has 1 aliphatic rings. The van der Waals surface area contributed by atoms with E-state index in [2.05, 4.69) is 19.1 Å². The molecular weight excluding hydrogens is 124 g/mol. The number of ether oxygens (including phenoxy) is 1. The van der Waals surface area contributed by atoms with Crippen molar-refractivity contribution in [2.45, 2.75) is 19.1 Å². The standard InChI is InChI=1S/C9H10O/c1-7-9(10-7)8-5-3-2-4-6-8/h2-7,9H,1H3/t7?,9-/m0/s1. The number of hydrogen-bond acceptors (Lipinski definition) is 1. The summed E-state index contributed by atoms with van der Waals surface area (Å²) in [6, 6.07) is 10.3. The lowest BCUT2D eigenvalue weighted by Gasteiger charge is -1.90. The Morgan fingerprint density at radius 3 is 2.30 bits per heavy atom. The fraction of sp³-hybridized carbons (Fsp3) is 0.333. The van der Waals surface area contributed by atoms with Gasteiger partial charge in [0.15, 0.2) is 0 Å². The zero-order valence-electron chi connectivity index (χ0n) is 5.95. The molecule has 1 heteroatoms. The Hall–Kier alpha value is -0.820. The third-order valence-electron chi connectivity index (χ3n) is 1.84. The maximum atomic E-state index is 5.30. The maximum Gasteiger partial charge on any atom is 0.109 e. The average Bonchev–Trinajstić information content (AvgIpc) is 2.69. The molecule has 1 heterocycles. The van der Waals surface area contributed by atoms with Crippen molar-refractivity contribution >= 4 is 0 Å². The molecule has 0 spiro atoms. The van der Waals surface area contributed by atoms with Crippen molar-refractivity contribution < 1.29 is 4.74 Å². The molecule has 2 rings (SSSR count). The van der Waals surface area contributed by atoms with Crippen molar-refractivity contribution in [3.05, 3.63) is 35.9 Å². The number of hydrogen-bond donors (Lipinski definition) is 0. The summed E-state index contributed by atoms with van der Waals surface area (Å²) in [5.74, 6) is 0. The van der Waals surface area contributed by atoms with Gasteiger partial charge in [0, 0.05) is 0 Å². The van der Waals surface area contributed by atoms with Crippen molar-refractivity contribution in [2.24, 2.45) is 0 Å². The van der Waals surface area contributed by atoms with Crippen LogP contribution in [0.5, 0.6) is 0 Å². The molecule has 0 aliphatic carbocycles. The third kappa shape index (κ3) is 0.929. The Kier molecular flexibility index (Phi) is 1.24. The summed E-state index contributed by atoms with van der Waals surface area (Å²) < 4.78 is 5.30. The molecule has 1 unspecified atom stereocenters. The van der Waals surface area contributed by atoms with E-state index >= 15 is 0 Å². The van der Waals surface area contributed by atoms with Gasteiger partial charge in [-0.25, -0.2) is 0 Å². The first-order chi connectivity index (χ1) is 4.88. The lowest BCUT2D eigenvalue weighted by Crippen LogP contribution is -1.80. The summed E-state index contributed by atoms with van der Waals surface area (Å²) in [4.78, 5) is 0. The van der Waals surface area contributed by atoms with Gasteiger partial charge in [-0.15, -0.1) is 0 Å². The Labute approximate surface area is 60.6 Å². The van der Waals surface area contributed by atoms with Gasteiger partial charge < -0.3 is 4.74 Å². The highest BCUT2D eigenvalue weighted by Gasteiger charge is 2.35. The number of benzene rings is 1. The highest BCUT2D eigenvalue weighted by Crippen LogP contribution is 2.37. The lowest BCUT2D eigenvalue weighted by molar-refractivity contribution is 0.383. The predicted octanol–water partition coefficient (Wildman–Crippen LogP) is 2.15. The monoisotopic (exact) mass is 134 g/mol. The Bertz CT molecular complexity index is 217. The van der Waals surface area contributed by atoms with Crippen LogP contribution in [0.4, 0.5) is 0 Å². The molecule has 0 radical (unpaired) electrons. The van der Waals surface area contributed by atoms with E-state index in [-0.39, 0.29) is 0 Å². The zero-order chi connectivity index (χ0) is 6.97. The van der Waals surface area contributed by atoms with Gasteiger partial charge in [0.25, 0.3) is 0 Å². The average molecular weight is 134 g/mol. The molecule has 0 amide bonds. The van der Waals surface area contributed by atoms with Gasteiger partial charge in [0.1, 0.15) is 6.10 Å². The van der Waals surface area contributed by atoms with Gasteiger partial charge in [-0.2, -0.15) is 0 Å². The predicted molar refractivity (Wildman–Crippen MR) is 39.7 cm³/mol. The normalized spacial score (nSPS) is 30.1. The molecule has 1 fully saturated rings. The highest BCUT2D eigenvalue weighted by atomic mass is 16.6. The summed E-state index contributed by atoms with van der Waals surface area (Å²) in [6.45, 7) is 2.09. The second-order valence-corrected chi connectivity index (χ2v) is 2.67. The molecule has 0 aromatic heterocycles. The van der Waals surface area contributed by atoms with Gasteiger partial charge >= 0.3 is 0 Å². The van der Waals surface area contributed by atoms with E-state index in [1.54, 1.807) is 0 Å². The maximum absolute atomic E-state index is 5.30. The van der Waals surface area contributed by atoms with E-state index in [1.807, 2.05) is 18.2 Å². The second kappa shape index (κ2) is 2.10. The van der Waals surface area contributed by atoms with Crippen LogP contribution in [0, 0.1) is 0 Å². The SMILES string of the molecule is CC1O[C@@H]1c1ccccc1. The van der Waals surface area contributed by atoms with Crippen LogP contribution in [0.1, 0.15) is 18.6 Å². The molecule has 0 N–H and O–H groups in total. The van der Waals surface area contributed by atoms with Crippen LogP contribution in [0.25, 0.3) is 0 Å². The van der Waals surface area contributed by atoms with Gasteiger partial charge in [0.2, 0.25) is 0 Å². The van der Waals surface area contributed by atoms with Crippen LogP contribution in [0.3, 0.4) is 0 Å². The first-order valence-corrected chi connectivity index (χ1v) is 3.58. The summed E-state index contributed by atoms with van der Waals surface area (Å²) >= 11 is 0. The zero-order valence-corrected chi connectivity index (χ0v) is 5.95. The summed E-state index contributed by atoms with van der Waals surface area (Å²) in [5.41, 5.74) is 1.30. The van der Waals surface area contributed by atoms with Crippen LogP contribution in [0.2, 0.25) is 0 Å². The molecule has 1 aromatic carbocycles. The Morgan fingerprint density at radius 1 is 1.20 bits per heavy atom. The van der Waals surface area contributed by atoms with Gasteiger partial charge in [-0.05, 0) is 12.5 Å². The molecule has 1 aliphatic heterocycles. The highest BCUT2D eigenvalue weighted by molar-refractivity contribution is 5.21. The Morgan fingerprint density at radius 2 is 1.80 bits per heavy atom. The van der Waals surface area contributed by atoms with Gasteiger partial charge in [-0.1, -0.05) is 30.3 Å². The van der Waals surface area contributed by atoms with E-state index in [0.717, 1.165) is 0 Å². The number of epoxide rings is 1. The molecule has 10 heavy (non-hydrogen) atoms. The first-order valence-electron chi connectivity index (χ1n) is 3.58. The lowest BCUT2D eigenvalue weighted by atomic mass is 10.1. The number of rotatable bonds is 1. The summed E-state index contributed by atoms with van der Waals surface area (Å²) in [7, 11) is 0.